The van der Waals surface area contributed by atoms with E-state index in [9.17, 15) is 4.79 Å². The molecule has 1 aromatic heterocycles. The summed E-state index contributed by atoms with van der Waals surface area (Å²) in [5.74, 6) is 1.50. The lowest BCUT2D eigenvalue weighted by atomic mass is 10.2. The Labute approximate surface area is 145 Å². The number of ether oxygens (including phenoxy) is 1. The number of methoxy groups -OCH3 is 1. The van der Waals surface area contributed by atoms with Crippen molar-refractivity contribution in [2.45, 2.75) is 6.42 Å². The molecule has 0 saturated heterocycles. The van der Waals surface area contributed by atoms with Crippen LogP contribution >= 0.6 is 11.6 Å². The quantitative estimate of drug-likeness (QED) is 0.774. The summed E-state index contributed by atoms with van der Waals surface area (Å²) in [4.78, 5) is 16.8. The first-order valence-electron chi connectivity index (χ1n) is 7.62. The highest BCUT2D eigenvalue weighted by molar-refractivity contribution is 6.33. The Morgan fingerprint density at radius 1 is 1.29 bits per heavy atom. The number of carbonyl (C=O) groups is 1. The number of halogens is 1. The van der Waals surface area contributed by atoms with E-state index in [1.165, 1.54) is 0 Å². The molecule has 0 bridgehead atoms. The van der Waals surface area contributed by atoms with E-state index in [1.807, 2.05) is 29.8 Å². The second kappa shape index (κ2) is 6.93. The standard InChI is InChI=1S/C18H18ClN3O2/c1-22-16-8-7-12(24-2)11-15(16)21-17(22)9-10-20-18(23)13-5-3-4-6-14(13)19/h3-8,11H,9-10H2,1-2H3,(H,20,23). The molecule has 5 nitrogen and oxygen atoms in total. The molecule has 1 heterocycles. The fraction of sp³-hybridized carbons (Fsp3) is 0.222. The van der Waals surface area contributed by atoms with Gasteiger partial charge in [-0.25, -0.2) is 4.98 Å². The van der Waals surface area contributed by atoms with Gasteiger partial charge in [0.05, 0.1) is 28.7 Å². The summed E-state index contributed by atoms with van der Waals surface area (Å²) < 4.78 is 7.25. The van der Waals surface area contributed by atoms with Crippen LogP contribution in [-0.2, 0) is 13.5 Å². The molecule has 0 radical (unpaired) electrons. The van der Waals surface area contributed by atoms with Crippen LogP contribution in [0, 0.1) is 0 Å². The summed E-state index contributed by atoms with van der Waals surface area (Å²) in [6.45, 7) is 0.484. The van der Waals surface area contributed by atoms with Crippen molar-refractivity contribution in [1.29, 1.82) is 0 Å². The number of nitrogens with zero attached hydrogens (tertiary/aromatic N) is 2. The van der Waals surface area contributed by atoms with Gasteiger partial charge in [-0.05, 0) is 24.3 Å². The van der Waals surface area contributed by atoms with Gasteiger partial charge in [0.2, 0.25) is 0 Å². The van der Waals surface area contributed by atoms with E-state index in [4.69, 9.17) is 16.3 Å². The zero-order valence-electron chi connectivity index (χ0n) is 13.5. The van der Waals surface area contributed by atoms with Gasteiger partial charge in [0, 0.05) is 26.1 Å². The topological polar surface area (TPSA) is 56.1 Å². The van der Waals surface area contributed by atoms with Crippen LogP contribution in [0.25, 0.3) is 11.0 Å². The summed E-state index contributed by atoms with van der Waals surface area (Å²) in [7, 11) is 3.60. The highest BCUT2D eigenvalue weighted by Crippen LogP contribution is 2.21. The number of rotatable bonds is 5. The van der Waals surface area contributed by atoms with Gasteiger partial charge in [0.1, 0.15) is 11.6 Å². The number of imidazole rings is 1. The Balaban J connectivity index is 1.69. The predicted molar refractivity (Wildman–Crippen MR) is 94.8 cm³/mol. The molecule has 0 aliphatic rings. The fourth-order valence-electron chi connectivity index (χ4n) is 2.61. The second-order valence-corrected chi connectivity index (χ2v) is 5.83. The molecule has 0 saturated carbocycles. The molecule has 0 atom stereocenters. The van der Waals surface area contributed by atoms with Crippen molar-refractivity contribution in [3.8, 4) is 5.75 Å². The summed E-state index contributed by atoms with van der Waals surface area (Å²) in [5, 5.41) is 3.33. The first kappa shape index (κ1) is 16.3. The summed E-state index contributed by atoms with van der Waals surface area (Å²) in [6, 6.07) is 12.8. The maximum absolute atomic E-state index is 12.2. The van der Waals surface area contributed by atoms with Crippen LogP contribution in [0.15, 0.2) is 42.5 Å². The Morgan fingerprint density at radius 3 is 2.83 bits per heavy atom. The molecular formula is C18H18ClN3O2. The van der Waals surface area contributed by atoms with Gasteiger partial charge >= 0.3 is 0 Å². The van der Waals surface area contributed by atoms with Crippen molar-refractivity contribution in [2.24, 2.45) is 7.05 Å². The molecule has 6 heteroatoms. The van der Waals surface area contributed by atoms with Crippen LogP contribution < -0.4 is 10.1 Å². The van der Waals surface area contributed by atoms with E-state index < -0.39 is 0 Å². The number of nitrogens with one attached hydrogen (secondary N) is 1. The molecule has 3 rings (SSSR count). The number of carbonyl (C=O) groups excluding carboxylic acids is 1. The maximum atomic E-state index is 12.2. The van der Waals surface area contributed by atoms with Crippen LogP contribution in [0.5, 0.6) is 5.75 Å². The minimum Gasteiger partial charge on any atom is -0.497 e. The largest absolute Gasteiger partial charge is 0.497 e. The lowest BCUT2D eigenvalue weighted by molar-refractivity contribution is 0.0954. The number of amides is 1. The molecule has 3 aromatic rings. The Morgan fingerprint density at radius 2 is 2.08 bits per heavy atom. The molecule has 0 unspecified atom stereocenters. The van der Waals surface area contributed by atoms with Crippen LogP contribution in [-0.4, -0.2) is 29.1 Å². The van der Waals surface area contributed by atoms with Crippen LogP contribution in [0.3, 0.4) is 0 Å². The van der Waals surface area contributed by atoms with Gasteiger partial charge in [-0.3, -0.25) is 4.79 Å². The average molecular weight is 344 g/mol. The van der Waals surface area contributed by atoms with Gasteiger partial charge in [-0.2, -0.15) is 0 Å². The first-order valence-corrected chi connectivity index (χ1v) is 8.00. The van der Waals surface area contributed by atoms with E-state index >= 15 is 0 Å². The molecule has 2 aromatic carbocycles. The maximum Gasteiger partial charge on any atom is 0.252 e. The third-order valence-electron chi connectivity index (χ3n) is 3.93. The Kier molecular flexibility index (Phi) is 4.71. The minimum absolute atomic E-state index is 0.180. The molecule has 1 N–H and O–H groups in total. The number of fused-ring (bicyclic) bond motifs is 1. The zero-order valence-corrected chi connectivity index (χ0v) is 14.3. The average Bonchev–Trinajstić information content (AvgIpc) is 2.90. The monoisotopic (exact) mass is 343 g/mol. The predicted octanol–water partition coefficient (Wildman–Crippen LogP) is 3.21. The van der Waals surface area contributed by atoms with E-state index in [2.05, 4.69) is 10.3 Å². The number of hydrogen-bond acceptors (Lipinski definition) is 3. The van der Waals surface area contributed by atoms with Crippen molar-refractivity contribution >= 4 is 28.5 Å². The highest BCUT2D eigenvalue weighted by Gasteiger charge is 2.11. The van der Waals surface area contributed by atoms with Gasteiger partial charge in [0.25, 0.3) is 5.91 Å². The van der Waals surface area contributed by atoms with Crippen LogP contribution in [0.2, 0.25) is 5.02 Å². The second-order valence-electron chi connectivity index (χ2n) is 5.43. The first-order chi connectivity index (χ1) is 11.6. The molecule has 0 spiro atoms. The molecule has 24 heavy (non-hydrogen) atoms. The third kappa shape index (κ3) is 3.21. The van der Waals surface area contributed by atoms with Gasteiger partial charge < -0.3 is 14.6 Å². The summed E-state index contributed by atoms with van der Waals surface area (Å²) >= 11 is 6.03. The molecular weight excluding hydrogens is 326 g/mol. The number of aromatic nitrogens is 2. The lowest BCUT2D eigenvalue weighted by Crippen LogP contribution is -2.26. The zero-order chi connectivity index (χ0) is 17.1. The van der Waals surface area contributed by atoms with Crippen molar-refractivity contribution in [3.05, 3.63) is 58.9 Å². The summed E-state index contributed by atoms with van der Waals surface area (Å²) in [5.41, 5.74) is 2.39. The van der Waals surface area contributed by atoms with Crippen molar-refractivity contribution in [3.63, 3.8) is 0 Å². The summed E-state index contributed by atoms with van der Waals surface area (Å²) in [6.07, 6.45) is 0.629. The molecule has 0 fully saturated rings. The Hall–Kier alpha value is -2.53. The SMILES string of the molecule is COc1ccc2c(c1)nc(CCNC(=O)c1ccccc1Cl)n2C. The smallest absolute Gasteiger partial charge is 0.252 e. The highest BCUT2D eigenvalue weighted by atomic mass is 35.5. The van der Waals surface area contributed by atoms with Crippen LogP contribution in [0.1, 0.15) is 16.2 Å². The van der Waals surface area contributed by atoms with Gasteiger partial charge in [0.15, 0.2) is 0 Å². The van der Waals surface area contributed by atoms with E-state index in [-0.39, 0.29) is 5.91 Å². The normalized spacial score (nSPS) is 10.8. The number of benzene rings is 2. The Bertz CT molecular complexity index is 889. The van der Waals surface area contributed by atoms with Gasteiger partial charge in [-0.1, -0.05) is 23.7 Å². The van der Waals surface area contributed by atoms with Gasteiger partial charge in [-0.15, -0.1) is 0 Å². The number of aryl methyl sites for hydroxylation is 1. The molecule has 1 amide bonds. The van der Waals surface area contributed by atoms with E-state index in [1.54, 1.807) is 31.4 Å². The van der Waals surface area contributed by atoms with Crippen molar-refractivity contribution < 1.29 is 9.53 Å². The minimum atomic E-state index is -0.180. The molecule has 124 valence electrons. The van der Waals surface area contributed by atoms with E-state index in [0.29, 0.717) is 23.6 Å². The van der Waals surface area contributed by atoms with Crippen LogP contribution in [0.4, 0.5) is 0 Å². The fourth-order valence-corrected chi connectivity index (χ4v) is 2.83. The number of hydrogen-bond donors (Lipinski definition) is 1. The molecule has 0 aliphatic heterocycles. The van der Waals surface area contributed by atoms with Crippen molar-refractivity contribution in [1.82, 2.24) is 14.9 Å². The molecule has 0 aliphatic carbocycles. The third-order valence-corrected chi connectivity index (χ3v) is 4.26. The van der Waals surface area contributed by atoms with Crippen molar-refractivity contribution in [2.75, 3.05) is 13.7 Å². The lowest BCUT2D eigenvalue weighted by Gasteiger charge is -2.07. The van der Waals surface area contributed by atoms with E-state index in [0.717, 1.165) is 22.6 Å².